The van der Waals surface area contributed by atoms with E-state index in [1.54, 1.807) is 6.92 Å². The molecule has 160 valence electrons. The van der Waals surface area contributed by atoms with Crippen LogP contribution in [-0.2, 0) is 9.53 Å². The Morgan fingerprint density at radius 1 is 1.10 bits per heavy atom. The Kier molecular flexibility index (Phi) is 8.75. The van der Waals surface area contributed by atoms with Crippen molar-refractivity contribution in [2.45, 2.75) is 13.8 Å². The first-order chi connectivity index (χ1) is 14.1. The summed E-state index contributed by atoms with van der Waals surface area (Å²) in [6.45, 7) is 3.23. The minimum absolute atomic E-state index is 0.000438. The minimum atomic E-state index is -0.749. The maximum absolute atomic E-state index is 12.9. The van der Waals surface area contributed by atoms with Gasteiger partial charge >= 0.3 is 5.97 Å². The number of nitro groups is 2. The molecule has 2 aromatic carbocycles. The molecular weight excluding hydrogens is 408 g/mol. The monoisotopic (exact) mass is 425 g/mol. The van der Waals surface area contributed by atoms with Gasteiger partial charge in [0, 0.05) is 0 Å². The normalized spacial score (nSPS) is 10.5. The summed E-state index contributed by atoms with van der Waals surface area (Å²) in [4.78, 5) is 30.6. The molecule has 2 aromatic rings. The van der Waals surface area contributed by atoms with Gasteiger partial charge < -0.3 is 10.5 Å². The van der Waals surface area contributed by atoms with Gasteiger partial charge in [-0.25, -0.2) is 13.6 Å². The number of anilines is 2. The summed E-state index contributed by atoms with van der Waals surface area (Å²) < 4.78 is 29.9. The number of carbonyl (C=O) groups excluding carboxylic acids is 1. The van der Waals surface area contributed by atoms with Crippen molar-refractivity contribution in [3.63, 3.8) is 0 Å². The van der Waals surface area contributed by atoms with Crippen LogP contribution < -0.4 is 11.2 Å². The number of nitrogens with two attached hydrogens (primary N) is 1. The van der Waals surface area contributed by atoms with Crippen LogP contribution in [-0.4, -0.2) is 28.1 Å². The quantitative estimate of drug-likeness (QED) is 0.234. The highest BCUT2D eigenvalue weighted by molar-refractivity contribution is 6.35. The van der Waals surface area contributed by atoms with E-state index in [1.807, 2.05) is 0 Å². The molecular formula is C17H17F2N5O6. The zero-order valence-electron chi connectivity index (χ0n) is 15.8. The molecule has 0 aliphatic carbocycles. The van der Waals surface area contributed by atoms with Gasteiger partial charge in [0.15, 0.2) is 0 Å². The maximum Gasteiger partial charge on any atom is 0.354 e. The highest BCUT2D eigenvalue weighted by atomic mass is 19.1. The zero-order valence-corrected chi connectivity index (χ0v) is 15.8. The number of nitrogens with one attached hydrogen (secondary N) is 1. The van der Waals surface area contributed by atoms with Crippen LogP contribution in [0.3, 0.4) is 0 Å². The average molecular weight is 425 g/mol. The molecule has 0 aromatic heterocycles. The first-order valence-electron chi connectivity index (χ1n) is 8.17. The number of hydrazone groups is 1. The Morgan fingerprint density at radius 2 is 1.63 bits per heavy atom. The number of carbonyl (C=O) groups is 1. The van der Waals surface area contributed by atoms with Gasteiger partial charge in [-0.05, 0) is 38.1 Å². The smallest absolute Gasteiger partial charge is 0.354 e. The number of hydrogen-bond acceptors (Lipinski definition) is 9. The number of halogens is 2. The van der Waals surface area contributed by atoms with Crippen molar-refractivity contribution in [2.75, 3.05) is 17.8 Å². The highest BCUT2D eigenvalue weighted by Gasteiger charge is 2.15. The van der Waals surface area contributed by atoms with E-state index >= 15 is 0 Å². The topological polar surface area (TPSA) is 163 Å². The van der Waals surface area contributed by atoms with Crippen molar-refractivity contribution < 1.29 is 28.2 Å². The van der Waals surface area contributed by atoms with E-state index in [1.165, 1.54) is 6.92 Å². The predicted octanol–water partition coefficient (Wildman–Crippen LogP) is 3.40. The molecule has 0 aliphatic rings. The van der Waals surface area contributed by atoms with Gasteiger partial charge in [-0.1, -0.05) is 0 Å². The molecule has 3 N–H and O–H groups in total. The van der Waals surface area contributed by atoms with Crippen LogP contribution in [0.15, 0.2) is 41.5 Å². The summed E-state index contributed by atoms with van der Waals surface area (Å²) in [6.07, 6.45) is 0. The van der Waals surface area contributed by atoms with Crippen molar-refractivity contribution in [1.82, 2.24) is 0 Å². The summed E-state index contributed by atoms with van der Waals surface area (Å²) >= 11 is 0. The lowest BCUT2D eigenvalue weighted by molar-refractivity contribution is -0.384. The van der Waals surface area contributed by atoms with Crippen molar-refractivity contribution >= 4 is 34.4 Å². The molecule has 0 atom stereocenters. The lowest BCUT2D eigenvalue weighted by Gasteiger charge is -2.04. The Labute approximate surface area is 168 Å². The third-order valence-corrected chi connectivity index (χ3v) is 3.26. The molecule has 13 heteroatoms. The summed E-state index contributed by atoms with van der Waals surface area (Å²) in [5, 5.41) is 24.5. The first kappa shape index (κ1) is 23.9. The van der Waals surface area contributed by atoms with Gasteiger partial charge in [0.05, 0.1) is 28.6 Å². The second kappa shape index (κ2) is 11.0. The molecule has 0 amide bonds. The Bertz CT molecular complexity index is 983. The zero-order chi connectivity index (χ0) is 22.8. The summed E-state index contributed by atoms with van der Waals surface area (Å²) in [6, 6.07) is 5.99. The van der Waals surface area contributed by atoms with Crippen LogP contribution in [0.2, 0.25) is 0 Å². The van der Waals surface area contributed by atoms with Gasteiger partial charge in [-0.2, -0.15) is 5.10 Å². The van der Waals surface area contributed by atoms with E-state index < -0.39 is 38.8 Å². The number of nitrogens with zero attached hydrogens (tertiary/aromatic N) is 3. The van der Waals surface area contributed by atoms with E-state index in [2.05, 4.69) is 15.3 Å². The van der Waals surface area contributed by atoms with E-state index in [-0.39, 0.29) is 23.7 Å². The Hall–Kier alpha value is -4.16. The molecule has 0 saturated carbocycles. The van der Waals surface area contributed by atoms with E-state index in [9.17, 15) is 33.8 Å². The van der Waals surface area contributed by atoms with Crippen molar-refractivity contribution in [3.8, 4) is 0 Å². The van der Waals surface area contributed by atoms with Crippen LogP contribution in [0.4, 0.5) is 31.5 Å². The third-order valence-electron chi connectivity index (χ3n) is 3.26. The second-order valence-corrected chi connectivity index (χ2v) is 5.41. The molecule has 30 heavy (non-hydrogen) atoms. The summed E-state index contributed by atoms with van der Waals surface area (Å²) in [5.74, 6) is -2.03. The second-order valence-electron chi connectivity index (χ2n) is 5.41. The average Bonchev–Trinajstić information content (AvgIpc) is 2.69. The molecule has 0 spiro atoms. The van der Waals surface area contributed by atoms with E-state index in [4.69, 9.17) is 5.73 Å². The number of benzene rings is 2. The SMILES string of the molecule is CCOC(=O)C(C)=NNc1ccc(F)cc1[N+](=O)[O-].Nc1ccc(F)cc1[N+](=O)[O-]. The molecule has 0 radical (unpaired) electrons. The fourth-order valence-corrected chi connectivity index (χ4v) is 1.85. The molecule has 0 heterocycles. The van der Waals surface area contributed by atoms with Crippen molar-refractivity contribution in [3.05, 3.63) is 68.3 Å². The largest absolute Gasteiger partial charge is 0.461 e. The number of rotatable bonds is 6. The summed E-state index contributed by atoms with van der Waals surface area (Å²) in [7, 11) is 0. The van der Waals surface area contributed by atoms with Crippen molar-refractivity contribution in [2.24, 2.45) is 5.10 Å². The van der Waals surface area contributed by atoms with Gasteiger partial charge in [0.2, 0.25) is 0 Å². The van der Waals surface area contributed by atoms with Gasteiger partial charge in [0.25, 0.3) is 11.4 Å². The van der Waals surface area contributed by atoms with Crippen molar-refractivity contribution in [1.29, 1.82) is 0 Å². The number of hydrogen-bond donors (Lipinski definition) is 2. The Balaban J connectivity index is 0.000000346. The van der Waals surface area contributed by atoms with Crippen LogP contribution >= 0.6 is 0 Å². The fourth-order valence-electron chi connectivity index (χ4n) is 1.85. The highest BCUT2D eigenvalue weighted by Crippen LogP contribution is 2.25. The van der Waals surface area contributed by atoms with Gasteiger partial charge in [0.1, 0.15) is 28.7 Å². The maximum atomic E-state index is 12.9. The van der Waals surface area contributed by atoms with Crippen LogP contribution in [0.5, 0.6) is 0 Å². The van der Waals surface area contributed by atoms with Gasteiger partial charge in [-0.3, -0.25) is 25.7 Å². The number of esters is 1. The molecule has 0 bridgehead atoms. The molecule has 0 saturated heterocycles. The molecule has 0 unspecified atom stereocenters. The number of nitro benzene ring substituents is 2. The first-order valence-corrected chi connectivity index (χ1v) is 8.17. The lowest BCUT2D eigenvalue weighted by Crippen LogP contribution is -2.15. The summed E-state index contributed by atoms with van der Waals surface area (Å²) in [5.41, 5.74) is 6.60. The molecule has 11 nitrogen and oxygen atoms in total. The van der Waals surface area contributed by atoms with Gasteiger partial charge in [-0.15, -0.1) is 0 Å². The number of ether oxygens (including phenoxy) is 1. The minimum Gasteiger partial charge on any atom is -0.461 e. The Morgan fingerprint density at radius 3 is 2.13 bits per heavy atom. The molecule has 0 aliphatic heterocycles. The molecule has 0 fully saturated rings. The lowest BCUT2D eigenvalue weighted by atomic mass is 10.2. The number of nitrogen functional groups attached to an aromatic ring is 1. The fraction of sp³-hybridized carbons (Fsp3) is 0.176. The molecule has 2 rings (SSSR count). The van der Waals surface area contributed by atoms with E-state index in [0.29, 0.717) is 0 Å². The third kappa shape index (κ3) is 7.10. The van der Waals surface area contributed by atoms with Crippen LogP contribution in [0.1, 0.15) is 13.8 Å². The van der Waals surface area contributed by atoms with Crippen LogP contribution in [0, 0.1) is 31.9 Å². The van der Waals surface area contributed by atoms with Crippen LogP contribution in [0.25, 0.3) is 0 Å². The van der Waals surface area contributed by atoms with E-state index in [0.717, 1.165) is 36.4 Å². The standard InChI is InChI=1S/C11H12FN3O4.C6H5FN2O2/c1-3-19-11(16)7(2)13-14-9-5-4-8(12)6-10(9)15(17)18;7-4-1-2-5(8)6(3-4)9(10)11/h4-6,14H,3H2,1-2H3;1-3H,8H2. The predicted molar refractivity (Wildman–Crippen MR) is 104 cm³/mol.